The molecule has 0 saturated carbocycles. The molecule has 138 valence electrons. The Morgan fingerprint density at radius 2 is 1.85 bits per heavy atom. The average Bonchev–Trinajstić information content (AvgIpc) is 2.63. The van der Waals surface area contributed by atoms with Gasteiger partial charge in [0.1, 0.15) is 5.82 Å². The molecule has 1 aliphatic heterocycles. The van der Waals surface area contributed by atoms with E-state index < -0.39 is 28.7 Å². The molecule has 0 spiro atoms. The Kier molecular flexibility index (Phi) is 4.84. The molecule has 0 radical (unpaired) electrons. The van der Waals surface area contributed by atoms with Gasteiger partial charge in [0.25, 0.3) is 11.6 Å². The summed E-state index contributed by atoms with van der Waals surface area (Å²) in [5.41, 5.74) is 0.843. The lowest BCUT2D eigenvalue weighted by Crippen LogP contribution is -2.46. The highest BCUT2D eigenvalue weighted by Crippen LogP contribution is 2.29. The first kappa shape index (κ1) is 18.1. The maximum absolute atomic E-state index is 13.8. The minimum Gasteiger partial charge on any atom is -0.327 e. The van der Waals surface area contributed by atoms with Crippen molar-refractivity contribution in [2.75, 3.05) is 5.32 Å². The molecule has 0 fully saturated rings. The molecular weight excluding hydrogens is 355 g/mol. The molecule has 27 heavy (non-hydrogen) atoms. The van der Waals surface area contributed by atoms with E-state index in [4.69, 9.17) is 0 Å². The molecule has 1 heterocycles. The molecule has 3 amide bonds. The minimum atomic E-state index is -0.841. The lowest BCUT2D eigenvalue weighted by Gasteiger charge is -2.28. The standard InChI is InChI=1S/C18H15FN4O4/c1-10-15(17(24)21-14-5-3-2-4-13(14)19)16(22-18(25)20-10)11-6-8-12(9-7-11)23(26)27/h2-9,16H,1H3,(H,21,24)(H2,20,22,25). The second-order valence-corrected chi connectivity index (χ2v) is 5.85. The van der Waals surface area contributed by atoms with E-state index in [-0.39, 0.29) is 16.9 Å². The predicted octanol–water partition coefficient (Wildman–Crippen LogP) is 3.00. The van der Waals surface area contributed by atoms with E-state index >= 15 is 0 Å². The van der Waals surface area contributed by atoms with Crippen LogP contribution in [-0.4, -0.2) is 16.9 Å². The summed E-state index contributed by atoms with van der Waals surface area (Å²) in [6, 6.07) is 9.83. The van der Waals surface area contributed by atoms with Gasteiger partial charge in [0, 0.05) is 17.8 Å². The van der Waals surface area contributed by atoms with Crippen molar-refractivity contribution in [1.82, 2.24) is 10.6 Å². The number of anilines is 1. The van der Waals surface area contributed by atoms with Gasteiger partial charge in [-0.3, -0.25) is 14.9 Å². The molecule has 0 aliphatic carbocycles. The van der Waals surface area contributed by atoms with Crippen LogP contribution in [0, 0.1) is 15.9 Å². The maximum Gasteiger partial charge on any atom is 0.319 e. The average molecular weight is 370 g/mol. The van der Waals surface area contributed by atoms with Crippen LogP contribution in [0.3, 0.4) is 0 Å². The van der Waals surface area contributed by atoms with E-state index in [1.54, 1.807) is 13.0 Å². The molecule has 9 heteroatoms. The van der Waals surface area contributed by atoms with Crippen molar-refractivity contribution < 1.29 is 18.9 Å². The Balaban J connectivity index is 1.95. The molecule has 1 atom stereocenters. The summed E-state index contributed by atoms with van der Waals surface area (Å²) in [4.78, 5) is 34.9. The number of nitrogens with zero attached hydrogens (tertiary/aromatic N) is 1. The number of nitro benzene ring substituents is 1. The van der Waals surface area contributed by atoms with E-state index in [2.05, 4.69) is 16.0 Å². The third-order valence-corrected chi connectivity index (χ3v) is 4.07. The van der Waals surface area contributed by atoms with Crippen LogP contribution < -0.4 is 16.0 Å². The first-order chi connectivity index (χ1) is 12.9. The molecule has 8 nitrogen and oxygen atoms in total. The number of hydrogen-bond donors (Lipinski definition) is 3. The molecular formula is C18H15FN4O4. The molecule has 2 aromatic carbocycles. The monoisotopic (exact) mass is 370 g/mol. The van der Waals surface area contributed by atoms with Crippen LogP contribution in [0.4, 0.5) is 20.6 Å². The molecule has 0 saturated heterocycles. The summed E-state index contributed by atoms with van der Waals surface area (Å²) in [7, 11) is 0. The number of nitro groups is 1. The van der Waals surface area contributed by atoms with Crippen LogP contribution in [-0.2, 0) is 4.79 Å². The molecule has 2 aromatic rings. The van der Waals surface area contributed by atoms with Crippen LogP contribution in [0.5, 0.6) is 0 Å². The van der Waals surface area contributed by atoms with Crippen LogP contribution >= 0.6 is 0 Å². The lowest BCUT2D eigenvalue weighted by atomic mass is 9.94. The summed E-state index contributed by atoms with van der Waals surface area (Å²) in [5, 5.41) is 18.4. The smallest absolute Gasteiger partial charge is 0.319 e. The van der Waals surface area contributed by atoms with Gasteiger partial charge in [0.15, 0.2) is 0 Å². The van der Waals surface area contributed by atoms with Gasteiger partial charge in [0.2, 0.25) is 0 Å². The summed E-state index contributed by atoms with van der Waals surface area (Å²) in [6.45, 7) is 1.55. The highest BCUT2D eigenvalue weighted by atomic mass is 19.1. The fourth-order valence-electron chi connectivity index (χ4n) is 2.79. The summed E-state index contributed by atoms with van der Waals surface area (Å²) < 4.78 is 13.8. The zero-order valence-electron chi connectivity index (χ0n) is 14.2. The number of rotatable bonds is 4. The predicted molar refractivity (Wildman–Crippen MR) is 95.2 cm³/mol. The quantitative estimate of drug-likeness (QED) is 0.567. The zero-order chi connectivity index (χ0) is 19.6. The Hall–Kier alpha value is -3.75. The van der Waals surface area contributed by atoms with Gasteiger partial charge in [0.05, 0.1) is 22.2 Å². The number of halogens is 1. The SMILES string of the molecule is CC1=C(C(=O)Nc2ccccc2F)C(c2ccc([N+](=O)[O-])cc2)NC(=O)N1. The fourth-order valence-corrected chi connectivity index (χ4v) is 2.79. The minimum absolute atomic E-state index is 0.00199. The first-order valence-electron chi connectivity index (χ1n) is 7.95. The maximum atomic E-state index is 13.8. The molecule has 0 aromatic heterocycles. The molecule has 1 unspecified atom stereocenters. The molecule has 1 aliphatic rings. The number of benzene rings is 2. The topological polar surface area (TPSA) is 113 Å². The highest BCUT2D eigenvalue weighted by molar-refractivity contribution is 6.06. The Morgan fingerprint density at radius 1 is 1.19 bits per heavy atom. The second-order valence-electron chi connectivity index (χ2n) is 5.85. The second kappa shape index (κ2) is 7.24. The molecule has 0 bridgehead atoms. The van der Waals surface area contributed by atoms with Crippen molar-refractivity contribution in [2.24, 2.45) is 0 Å². The number of carbonyl (C=O) groups excluding carboxylic acids is 2. The molecule has 3 N–H and O–H groups in total. The number of amides is 3. The Bertz CT molecular complexity index is 956. The van der Waals surface area contributed by atoms with Crippen LogP contribution in [0.15, 0.2) is 59.8 Å². The number of para-hydroxylation sites is 1. The summed E-state index contributed by atoms with van der Waals surface area (Å²) >= 11 is 0. The summed E-state index contributed by atoms with van der Waals surface area (Å²) in [5.74, 6) is -1.20. The largest absolute Gasteiger partial charge is 0.327 e. The van der Waals surface area contributed by atoms with Gasteiger partial charge in [-0.15, -0.1) is 0 Å². The van der Waals surface area contributed by atoms with Gasteiger partial charge in [-0.1, -0.05) is 12.1 Å². The van der Waals surface area contributed by atoms with Crippen molar-refractivity contribution in [3.63, 3.8) is 0 Å². The van der Waals surface area contributed by atoms with Crippen molar-refractivity contribution >= 4 is 23.3 Å². The van der Waals surface area contributed by atoms with E-state index in [0.717, 1.165) is 0 Å². The third-order valence-electron chi connectivity index (χ3n) is 4.07. The van der Waals surface area contributed by atoms with Crippen molar-refractivity contribution in [1.29, 1.82) is 0 Å². The van der Waals surface area contributed by atoms with Crippen LogP contribution in [0.2, 0.25) is 0 Å². The van der Waals surface area contributed by atoms with Crippen molar-refractivity contribution in [3.05, 3.63) is 81.3 Å². The fraction of sp³-hybridized carbons (Fsp3) is 0.111. The van der Waals surface area contributed by atoms with Gasteiger partial charge in [-0.05, 0) is 36.8 Å². The van der Waals surface area contributed by atoms with E-state index in [0.29, 0.717) is 11.3 Å². The van der Waals surface area contributed by atoms with E-state index in [1.807, 2.05) is 0 Å². The lowest BCUT2D eigenvalue weighted by molar-refractivity contribution is -0.384. The molecule has 3 rings (SSSR count). The van der Waals surface area contributed by atoms with Crippen LogP contribution in [0.25, 0.3) is 0 Å². The number of allylic oxidation sites excluding steroid dienone is 1. The van der Waals surface area contributed by atoms with E-state index in [9.17, 15) is 24.1 Å². The van der Waals surface area contributed by atoms with Crippen molar-refractivity contribution in [3.8, 4) is 0 Å². The van der Waals surface area contributed by atoms with Gasteiger partial charge in [-0.2, -0.15) is 0 Å². The van der Waals surface area contributed by atoms with Gasteiger partial charge < -0.3 is 16.0 Å². The zero-order valence-corrected chi connectivity index (χ0v) is 14.2. The Labute approximate surface area is 153 Å². The van der Waals surface area contributed by atoms with Crippen LogP contribution in [0.1, 0.15) is 18.5 Å². The summed E-state index contributed by atoms with van der Waals surface area (Å²) in [6.07, 6.45) is 0. The number of urea groups is 1. The third kappa shape index (κ3) is 3.76. The number of nitrogens with one attached hydrogen (secondary N) is 3. The first-order valence-corrected chi connectivity index (χ1v) is 7.95. The van der Waals surface area contributed by atoms with Gasteiger partial charge in [-0.25, -0.2) is 9.18 Å². The Morgan fingerprint density at radius 3 is 2.48 bits per heavy atom. The number of non-ortho nitro benzene ring substituents is 1. The number of hydrogen-bond acceptors (Lipinski definition) is 4. The van der Waals surface area contributed by atoms with E-state index in [1.165, 1.54) is 42.5 Å². The number of carbonyl (C=O) groups is 2. The van der Waals surface area contributed by atoms with Crippen molar-refractivity contribution in [2.45, 2.75) is 13.0 Å². The normalized spacial score (nSPS) is 16.4. The van der Waals surface area contributed by atoms with Gasteiger partial charge >= 0.3 is 6.03 Å². The highest BCUT2D eigenvalue weighted by Gasteiger charge is 2.31.